The summed E-state index contributed by atoms with van der Waals surface area (Å²) >= 11 is 0. The van der Waals surface area contributed by atoms with E-state index in [0.29, 0.717) is 6.54 Å². The topological polar surface area (TPSA) is 70.6 Å². The molecule has 7 rings (SSSR count). The van der Waals surface area contributed by atoms with E-state index in [4.69, 9.17) is 9.72 Å². The molecule has 2 aromatic heterocycles. The maximum absolute atomic E-state index is 13.3. The fourth-order valence-corrected chi connectivity index (χ4v) is 6.72. The van der Waals surface area contributed by atoms with Crippen LogP contribution in [0.15, 0.2) is 109 Å². The van der Waals surface area contributed by atoms with Gasteiger partial charge in [0.05, 0.1) is 17.8 Å². The molecule has 0 spiro atoms. The Morgan fingerprint density at radius 3 is 2.23 bits per heavy atom. The number of anilines is 1. The third-order valence-electron chi connectivity index (χ3n) is 8.95. The Labute approximate surface area is 258 Å². The van der Waals surface area contributed by atoms with Gasteiger partial charge in [-0.25, -0.2) is 9.78 Å². The minimum Gasteiger partial charge on any atom is -0.433 e. The summed E-state index contributed by atoms with van der Waals surface area (Å²) < 4.78 is 6.45. The molecule has 1 fully saturated rings. The number of ether oxygens (including phenoxy) is 1. The van der Waals surface area contributed by atoms with Gasteiger partial charge < -0.3 is 15.0 Å². The lowest BCUT2D eigenvalue weighted by molar-refractivity contribution is 0.0324. The molecule has 1 saturated heterocycles. The molecular formula is C37H37N5O2. The highest BCUT2D eigenvalue weighted by Crippen LogP contribution is 2.52. The Balaban J connectivity index is 1.00. The number of para-hydroxylation sites is 1. The van der Waals surface area contributed by atoms with E-state index < -0.39 is 11.7 Å². The summed E-state index contributed by atoms with van der Waals surface area (Å²) in [6, 6.07) is 35.0. The summed E-state index contributed by atoms with van der Waals surface area (Å²) in [5, 5.41) is 4.12. The van der Waals surface area contributed by atoms with Crippen molar-refractivity contribution < 1.29 is 9.53 Å². The van der Waals surface area contributed by atoms with Crippen LogP contribution in [-0.2, 0) is 16.9 Å². The first-order valence-electron chi connectivity index (χ1n) is 15.6. The van der Waals surface area contributed by atoms with Crippen molar-refractivity contribution in [2.24, 2.45) is 0 Å². The van der Waals surface area contributed by atoms with E-state index in [1.807, 2.05) is 36.4 Å². The number of benzene rings is 3. The first-order chi connectivity index (χ1) is 21.7. The first-order valence-corrected chi connectivity index (χ1v) is 15.6. The van der Waals surface area contributed by atoms with Gasteiger partial charge >= 0.3 is 6.09 Å². The number of unbranched alkanes of at least 4 members (excludes halogenated alkanes) is 1. The molecule has 3 heterocycles. The number of pyridine rings is 2. The summed E-state index contributed by atoms with van der Waals surface area (Å²) in [5.41, 5.74) is 5.41. The van der Waals surface area contributed by atoms with Crippen LogP contribution in [0.1, 0.15) is 36.1 Å². The normalized spacial score (nSPS) is 15.5. The number of hydrogen-bond donors (Lipinski definition) is 1. The predicted octanol–water partition coefficient (Wildman–Crippen LogP) is 6.77. The number of hydrogen-bond acceptors (Lipinski definition) is 6. The van der Waals surface area contributed by atoms with Crippen LogP contribution in [0.2, 0.25) is 0 Å². The van der Waals surface area contributed by atoms with Gasteiger partial charge in [-0.15, -0.1) is 0 Å². The lowest BCUT2D eigenvalue weighted by atomic mass is 9.86. The highest BCUT2D eigenvalue weighted by Gasteiger charge is 2.46. The maximum atomic E-state index is 13.3. The molecule has 0 atom stereocenters. The van der Waals surface area contributed by atoms with E-state index in [2.05, 4.69) is 86.8 Å². The number of carbonyl (C=O) groups is 1. The number of nitrogens with one attached hydrogen (secondary N) is 1. The van der Waals surface area contributed by atoms with Crippen molar-refractivity contribution in [3.05, 3.63) is 126 Å². The summed E-state index contributed by atoms with van der Waals surface area (Å²) in [4.78, 5) is 27.5. The van der Waals surface area contributed by atoms with Gasteiger partial charge in [-0.2, -0.15) is 0 Å². The Bertz CT molecular complexity index is 1700. The van der Waals surface area contributed by atoms with Gasteiger partial charge in [-0.3, -0.25) is 9.88 Å². The molecule has 3 aromatic carbocycles. The number of nitrogens with zero attached hydrogens (tertiary/aromatic N) is 4. The highest BCUT2D eigenvalue weighted by atomic mass is 16.6. The Hall–Kier alpha value is -4.75. The van der Waals surface area contributed by atoms with Crippen LogP contribution in [0.4, 0.5) is 10.6 Å². The van der Waals surface area contributed by atoms with E-state index in [0.717, 1.165) is 91.3 Å². The number of amides is 1. The molecule has 0 bridgehead atoms. The smallest absolute Gasteiger partial charge is 0.408 e. The second kappa shape index (κ2) is 12.5. The van der Waals surface area contributed by atoms with E-state index in [-0.39, 0.29) is 0 Å². The zero-order valence-electron chi connectivity index (χ0n) is 24.9. The zero-order valence-corrected chi connectivity index (χ0v) is 24.9. The molecule has 5 aromatic rings. The first kappa shape index (κ1) is 28.0. The Morgan fingerprint density at radius 2 is 1.48 bits per heavy atom. The molecule has 222 valence electrons. The van der Waals surface area contributed by atoms with Crippen LogP contribution < -0.4 is 10.2 Å². The minimum absolute atomic E-state index is 0.319. The van der Waals surface area contributed by atoms with Gasteiger partial charge in [0.1, 0.15) is 5.82 Å². The van der Waals surface area contributed by atoms with Gasteiger partial charge in [-0.05, 0) is 67.3 Å². The summed E-state index contributed by atoms with van der Waals surface area (Å²) in [6.45, 7) is 5.30. The van der Waals surface area contributed by atoms with E-state index in [9.17, 15) is 4.79 Å². The molecule has 1 aliphatic heterocycles. The van der Waals surface area contributed by atoms with Crippen molar-refractivity contribution in [3.8, 4) is 11.1 Å². The fraction of sp³-hybridized carbons (Fsp3) is 0.270. The monoisotopic (exact) mass is 583 g/mol. The number of rotatable bonds is 9. The van der Waals surface area contributed by atoms with Gasteiger partial charge in [-0.1, -0.05) is 72.8 Å². The van der Waals surface area contributed by atoms with Crippen LogP contribution >= 0.6 is 0 Å². The van der Waals surface area contributed by atoms with Gasteiger partial charge in [0.2, 0.25) is 0 Å². The standard InChI is InChI=1S/C37H37N5O2/c43-36(39-27-29-12-7-9-21-38-29)44-37(32-15-4-2-13-30(32)31-14-3-5-16-33(31)37)20-8-10-22-41-23-25-42(26-24-41)35-19-18-28-11-1-6-17-34(28)40-35/h1-7,9,11-19,21H,8,10,20,22-27H2,(H,39,43). The van der Waals surface area contributed by atoms with Crippen LogP contribution in [0, 0.1) is 0 Å². The highest BCUT2D eigenvalue weighted by molar-refractivity contribution is 5.82. The lowest BCUT2D eigenvalue weighted by Crippen LogP contribution is -2.47. The third-order valence-corrected chi connectivity index (χ3v) is 8.95. The quantitative estimate of drug-likeness (QED) is 0.193. The van der Waals surface area contributed by atoms with Crippen LogP contribution in [0.5, 0.6) is 0 Å². The largest absolute Gasteiger partial charge is 0.433 e. The molecule has 7 heteroatoms. The predicted molar refractivity (Wildman–Crippen MR) is 174 cm³/mol. The number of aromatic nitrogens is 2. The van der Waals surface area contributed by atoms with Crippen LogP contribution in [-0.4, -0.2) is 53.7 Å². The second-order valence-corrected chi connectivity index (χ2v) is 11.6. The zero-order chi connectivity index (χ0) is 29.8. The fourth-order valence-electron chi connectivity index (χ4n) is 6.72. The van der Waals surface area contributed by atoms with Crippen molar-refractivity contribution >= 4 is 22.8 Å². The summed E-state index contributed by atoms with van der Waals surface area (Å²) in [6.07, 6.45) is 3.98. The average molecular weight is 584 g/mol. The molecule has 2 aliphatic rings. The average Bonchev–Trinajstić information content (AvgIpc) is 3.35. The molecule has 0 saturated carbocycles. The summed E-state index contributed by atoms with van der Waals surface area (Å²) in [7, 11) is 0. The number of piperazine rings is 1. The van der Waals surface area contributed by atoms with E-state index in [1.54, 1.807) is 6.20 Å². The van der Waals surface area contributed by atoms with Crippen LogP contribution in [0.25, 0.3) is 22.0 Å². The molecule has 0 unspecified atom stereocenters. The van der Waals surface area contributed by atoms with E-state index in [1.165, 1.54) is 5.39 Å². The van der Waals surface area contributed by atoms with Gasteiger partial charge in [0, 0.05) is 48.9 Å². The van der Waals surface area contributed by atoms with Gasteiger partial charge in [0.15, 0.2) is 5.60 Å². The van der Waals surface area contributed by atoms with Crippen molar-refractivity contribution in [1.82, 2.24) is 20.2 Å². The van der Waals surface area contributed by atoms with Gasteiger partial charge in [0.25, 0.3) is 0 Å². The molecule has 44 heavy (non-hydrogen) atoms. The molecule has 7 nitrogen and oxygen atoms in total. The Morgan fingerprint density at radius 1 is 0.773 bits per heavy atom. The van der Waals surface area contributed by atoms with E-state index >= 15 is 0 Å². The molecule has 1 aliphatic carbocycles. The Kier molecular flexibility index (Phi) is 7.95. The number of fused-ring (bicyclic) bond motifs is 4. The van der Waals surface area contributed by atoms with Crippen LogP contribution in [0.3, 0.4) is 0 Å². The summed E-state index contributed by atoms with van der Waals surface area (Å²) in [5.74, 6) is 1.06. The molecule has 1 amide bonds. The van der Waals surface area contributed by atoms with Crippen molar-refractivity contribution in [1.29, 1.82) is 0 Å². The number of carbonyl (C=O) groups excluding carboxylic acids is 1. The van der Waals surface area contributed by atoms with Crippen molar-refractivity contribution in [2.75, 3.05) is 37.6 Å². The molecule has 0 radical (unpaired) electrons. The second-order valence-electron chi connectivity index (χ2n) is 11.6. The number of alkyl carbamates (subject to hydrolysis) is 1. The molecular weight excluding hydrogens is 546 g/mol. The van der Waals surface area contributed by atoms with Crippen molar-refractivity contribution in [3.63, 3.8) is 0 Å². The van der Waals surface area contributed by atoms with Crippen molar-refractivity contribution in [2.45, 2.75) is 31.4 Å². The third kappa shape index (κ3) is 5.63. The lowest BCUT2D eigenvalue weighted by Gasteiger charge is -2.36. The minimum atomic E-state index is -0.832. The maximum Gasteiger partial charge on any atom is 0.408 e. The molecule has 1 N–H and O–H groups in total. The SMILES string of the molecule is O=C(NCc1ccccn1)OC1(CCCCN2CCN(c3ccc4ccccc4n3)CC2)c2ccccc2-c2ccccc21.